The van der Waals surface area contributed by atoms with E-state index < -0.39 is 15.8 Å². The normalized spacial score (nSPS) is 16.7. The molecule has 0 aromatic heterocycles. The van der Waals surface area contributed by atoms with Gasteiger partial charge in [0.15, 0.2) is 0 Å². The number of halogens is 1. The van der Waals surface area contributed by atoms with Gasteiger partial charge in [0.1, 0.15) is 5.82 Å². The number of hydrogen-bond acceptors (Lipinski definition) is 4. The van der Waals surface area contributed by atoms with Gasteiger partial charge in [0.2, 0.25) is 0 Å². The third kappa shape index (κ3) is 4.96. The van der Waals surface area contributed by atoms with E-state index in [1.807, 2.05) is 23.9 Å². The molecule has 1 fully saturated rings. The maximum Gasteiger partial charge on any atom is 0.261 e. The molecule has 0 radical (unpaired) electrons. The highest BCUT2D eigenvalue weighted by Crippen LogP contribution is 2.31. The molecule has 0 saturated carbocycles. The van der Waals surface area contributed by atoms with Gasteiger partial charge in [-0.25, -0.2) is 12.8 Å². The molecule has 0 unspecified atom stereocenters. The standard InChI is InChI=1S/C18H21FN2O2S2/c1-21-12-10-17(11-13-21)24-16-6-4-15(5-7-16)20-25(22,23)18-8-2-14(19)3-9-18/h2-9,17,20H,10-13H2,1H3. The number of nitrogens with zero attached hydrogens (tertiary/aromatic N) is 1. The lowest BCUT2D eigenvalue weighted by molar-refractivity contribution is 0.282. The number of thioether (sulfide) groups is 1. The first kappa shape index (κ1) is 18.2. The van der Waals surface area contributed by atoms with E-state index in [-0.39, 0.29) is 4.90 Å². The van der Waals surface area contributed by atoms with Gasteiger partial charge in [0.05, 0.1) is 4.90 Å². The van der Waals surface area contributed by atoms with E-state index in [0.717, 1.165) is 30.1 Å². The van der Waals surface area contributed by atoms with Crippen LogP contribution in [0.3, 0.4) is 0 Å². The van der Waals surface area contributed by atoms with Crippen molar-refractivity contribution in [1.29, 1.82) is 0 Å². The van der Waals surface area contributed by atoms with Crippen molar-refractivity contribution in [3.8, 4) is 0 Å². The second-order valence-corrected chi connectivity index (χ2v) is 9.26. The summed E-state index contributed by atoms with van der Waals surface area (Å²) >= 11 is 1.85. The van der Waals surface area contributed by atoms with E-state index >= 15 is 0 Å². The van der Waals surface area contributed by atoms with Crippen LogP contribution in [0.15, 0.2) is 58.3 Å². The van der Waals surface area contributed by atoms with Crippen LogP contribution in [0.4, 0.5) is 10.1 Å². The number of sulfonamides is 1. The molecule has 2 aromatic rings. The lowest BCUT2D eigenvalue weighted by atomic mass is 10.1. The van der Waals surface area contributed by atoms with E-state index in [1.165, 1.54) is 25.0 Å². The molecule has 7 heteroatoms. The highest BCUT2D eigenvalue weighted by molar-refractivity contribution is 8.00. The molecule has 1 N–H and O–H groups in total. The third-order valence-corrected chi connectivity index (χ3v) is 6.95. The van der Waals surface area contributed by atoms with Crippen LogP contribution in [-0.2, 0) is 10.0 Å². The topological polar surface area (TPSA) is 49.4 Å². The van der Waals surface area contributed by atoms with Gasteiger partial charge in [-0.05, 0) is 81.5 Å². The zero-order chi connectivity index (χ0) is 17.9. The number of nitrogens with one attached hydrogen (secondary N) is 1. The Labute approximate surface area is 152 Å². The summed E-state index contributed by atoms with van der Waals surface area (Å²) in [5.41, 5.74) is 0.497. The largest absolute Gasteiger partial charge is 0.306 e. The van der Waals surface area contributed by atoms with E-state index in [4.69, 9.17) is 0 Å². The second-order valence-electron chi connectivity index (χ2n) is 6.20. The Hall–Kier alpha value is -1.57. The highest BCUT2D eigenvalue weighted by atomic mass is 32.2. The predicted octanol–water partition coefficient (Wildman–Crippen LogP) is 3.81. The van der Waals surface area contributed by atoms with Crippen molar-refractivity contribution in [2.45, 2.75) is 27.9 Å². The molecule has 0 atom stereocenters. The van der Waals surface area contributed by atoms with Crippen LogP contribution in [0.2, 0.25) is 0 Å². The van der Waals surface area contributed by atoms with Gasteiger partial charge < -0.3 is 4.90 Å². The molecule has 0 aliphatic carbocycles. The first-order valence-corrected chi connectivity index (χ1v) is 10.5. The van der Waals surface area contributed by atoms with E-state index in [2.05, 4.69) is 16.7 Å². The number of rotatable bonds is 5. The third-order valence-electron chi connectivity index (χ3n) is 4.20. The van der Waals surface area contributed by atoms with Gasteiger partial charge in [-0.2, -0.15) is 0 Å². The molecule has 1 aliphatic heterocycles. The number of likely N-dealkylation sites (tertiary alicyclic amines) is 1. The lowest BCUT2D eigenvalue weighted by Gasteiger charge is -2.28. The van der Waals surface area contributed by atoms with Gasteiger partial charge in [0.25, 0.3) is 10.0 Å². The summed E-state index contributed by atoms with van der Waals surface area (Å²) in [5.74, 6) is -0.464. The Balaban J connectivity index is 1.63. The SMILES string of the molecule is CN1CCC(Sc2ccc(NS(=O)(=O)c3ccc(F)cc3)cc2)CC1. The number of benzene rings is 2. The van der Waals surface area contributed by atoms with Crippen LogP contribution in [-0.4, -0.2) is 38.7 Å². The highest BCUT2D eigenvalue weighted by Gasteiger charge is 2.18. The van der Waals surface area contributed by atoms with Gasteiger partial charge in [-0.3, -0.25) is 4.72 Å². The summed E-state index contributed by atoms with van der Waals surface area (Å²) in [6.07, 6.45) is 2.33. The van der Waals surface area contributed by atoms with Crippen molar-refractivity contribution < 1.29 is 12.8 Å². The molecule has 1 heterocycles. The molecule has 2 aromatic carbocycles. The molecule has 1 saturated heterocycles. The Morgan fingerprint density at radius 2 is 1.64 bits per heavy atom. The van der Waals surface area contributed by atoms with Crippen molar-refractivity contribution in [1.82, 2.24) is 4.90 Å². The molecule has 134 valence electrons. The number of anilines is 1. The summed E-state index contributed by atoms with van der Waals surface area (Å²) < 4.78 is 40.1. The molecular weight excluding hydrogens is 359 g/mol. The Morgan fingerprint density at radius 3 is 2.24 bits per heavy atom. The van der Waals surface area contributed by atoms with E-state index in [9.17, 15) is 12.8 Å². The average molecular weight is 381 g/mol. The van der Waals surface area contributed by atoms with Crippen molar-refractivity contribution in [2.24, 2.45) is 0 Å². The fraction of sp³-hybridized carbons (Fsp3) is 0.333. The van der Waals surface area contributed by atoms with Crippen LogP contribution in [0.5, 0.6) is 0 Å². The van der Waals surface area contributed by atoms with Crippen LogP contribution < -0.4 is 4.72 Å². The molecule has 3 rings (SSSR count). The lowest BCUT2D eigenvalue weighted by Crippen LogP contribution is -2.31. The fourth-order valence-electron chi connectivity index (χ4n) is 2.72. The predicted molar refractivity (Wildman–Crippen MR) is 100 cm³/mol. The van der Waals surface area contributed by atoms with E-state index in [0.29, 0.717) is 10.9 Å². The molecular formula is C18H21FN2O2S2. The number of hydrogen-bond donors (Lipinski definition) is 1. The maximum atomic E-state index is 12.9. The number of piperidine rings is 1. The summed E-state index contributed by atoms with van der Waals surface area (Å²) in [5, 5.41) is 0.609. The summed E-state index contributed by atoms with van der Waals surface area (Å²) in [7, 11) is -1.56. The fourth-order valence-corrected chi connectivity index (χ4v) is 4.91. The zero-order valence-corrected chi connectivity index (χ0v) is 15.6. The smallest absolute Gasteiger partial charge is 0.261 e. The van der Waals surface area contributed by atoms with Gasteiger partial charge in [0, 0.05) is 15.8 Å². The molecule has 1 aliphatic rings. The Morgan fingerprint density at radius 1 is 1.04 bits per heavy atom. The molecule has 25 heavy (non-hydrogen) atoms. The second kappa shape index (κ2) is 7.76. The van der Waals surface area contributed by atoms with E-state index in [1.54, 1.807) is 12.1 Å². The monoisotopic (exact) mass is 380 g/mol. The van der Waals surface area contributed by atoms with Crippen LogP contribution >= 0.6 is 11.8 Å². The minimum Gasteiger partial charge on any atom is -0.306 e. The summed E-state index contributed by atoms with van der Waals surface area (Å²) in [6.45, 7) is 2.24. The maximum absolute atomic E-state index is 12.9. The first-order valence-electron chi connectivity index (χ1n) is 8.16. The zero-order valence-electron chi connectivity index (χ0n) is 14.0. The minimum absolute atomic E-state index is 0.0404. The quantitative estimate of drug-likeness (QED) is 0.857. The molecule has 0 spiro atoms. The average Bonchev–Trinajstić information content (AvgIpc) is 2.59. The molecule has 0 bridgehead atoms. The Bertz CT molecular complexity index is 800. The molecule has 4 nitrogen and oxygen atoms in total. The van der Waals surface area contributed by atoms with Crippen molar-refractivity contribution in [3.05, 3.63) is 54.3 Å². The van der Waals surface area contributed by atoms with Crippen LogP contribution in [0.25, 0.3) is 0 Å². The van der Waals surface area contributed by atoms with Gasteiger partial charge >= 0.3 is 0 Å². The molecule has 0 amide bonds. The van der Waals surface area contributed by atoms with Gasteiger partial charge in [-0.15, -0.1) is 11.8 Å². The van der Waals surface area contributed by atoms with Crippen LogP contribution in [0.1, 0.15) is 12.8 Å². The van der Waals surface area contributed by atoms with Gasteiger partial charge in [-0.1, -0.05) is 0 Å². The van der Waals surface area contributed by atoms with Crippen molar-refractivity contribution >= 4 is 27.5 Å². The minimum atomic E-state index is -3.71. The van der Waals surface area contributed by atoms with Crippen molar-refractivity contribution in [3.63, 3.8) is 0 Å². The first-order chi connectivity index (χ1) is 11.9. The summed E-state index contributed by atoms with van der Waals surface area (Å²) in [6, 6.07) is 12.2. The van der Waals surface area contributed by atoms with Crippen molar-refractivity contribution in [2.75, 3.05) is 24.9 Å². The van der Waals surface area contributed by atoms with Crippen LogP contribution in [0, 0.1) is 5.82 Å². The summed E-state index contributed by atoms with van der Waals surface area (Å²) in [4.78, 5) is 3.52. The Kier molecular flexibility index (Phi) is 5.66.